The molecule has 0 bridgehead atoms. The van der Waals surface area contributed by atoms with E-state index in [2.05, 4.69) is 21.2 Å². The predicted molar refractivity (Wildman–Crippen MR) is 68.8 cm³/mol. The standard InChI is InChI=1S/C12H16BrNO3/c1-8(9-4-3-5-10(13)6-9)14-7-12(2,17)11(15)16/h3-6,8,14,17H,7H2,1-2H3,(H,15,16)/t8-,12?/m0/s1. The Morgan fingerprint density at radius 2 is 2.24 bits per heavy atom. The zero-order valence-electron chi connectivity index (χ0n) is 9.77. The van der Waals surface area contributed by atoms with Crippen molar-refractivity contribution in [2.45, 2.75) is 25.5 Å². The van der Waals surface area contributed by atoms with Gasteiger partial charge in [-0.05, 0) is 31.5 Å². The van der Waals surface area contributed by atoms with Gasteiger partial charge in [-0.1, -0.05) is 28.1 Å². The molecule has 5 heteroatoms. The smallest absolute Gasteiger partial charge is 0.336 e. The summed E-state index contributed by atoms with van der Waals surface area (Å²) in [6, 6.07) is 7.69. The van der Waals surface area contributed by atoms with Gasteiger partial charge in [-0.2, -0.15) is 0 Å². The van der Waals surface area contributed by atoms with Crippen molar-refractivity contribution in [2.24, 2.45) is 0 Å². The van der Waals surface area contributed by atoms with Gasteiger partial charge in [0.15, 0.2) is 5.60 Å². The summed E-state index contributed by atoms with van der Waals surface area (Å²) in [5.74, 6) is -1.23. The van der Waals surface area contributed by atoms with E-state index < -0.39 is 11.6 Å². The summed E-state index contributed by atoms with van der Waals surface area (Å²) in [5, 5.41) is 21.3. The van der Waals surface area contributed by atoms with Crippen LogP contribution in [0.15, 0.2) is 28.7 Å². The average Bonchev–Trinajstić information content (AvgIpc) is 2.25. The molecule has 1 rings (SSSR count). The van der Waals surface area contributed by atoms with E-state index in [0.29, 0.717) is 0 Å². The molecule has 0 aliphatic rings. The SMILES string of the molecule is C[C@H](NCC(C)(O)C(=O)O)c1cccc(Br)c1. The molecule has 1 aromatic rings. The van der Waals surface area contributed by atoms with Gasteiger partial charge in [-0.25, -0.2) is 4.79 Å². The van der Waals surface area contributed by atoms with Gasteiger partial charge < -0.3 is 15.5 Å². The van der Waals surface area contributed by atoms with Crippen LogP contribution in [0.25, 0.3) is 0 Å². The molecule has 0 fully saturated rings. The Balaban J connectivity index is 2.62. The van der Waals surface area contributed by atoms with E-state index in [9.17, 15) is 9.90 Å². The van der Waals surface area contributed by atoms with Crippen LogP contribution in [0.2, 0.25) is 0 Å². The minimum Gasteiger partial charge on any atom is -0.479 e. The summed E-state index contributed by atoms with van der Waals surface area (Å²) in [7, 11) is 0. The maximum absolute atomic E-state index is 10.7. The number of halogens is 1. The molecule has 4 nitrogen and oxygen atoms in total. The van der Waals surface area contributed by atoms with Crippen molar-refractivity contribution < 1.29 is 15.0 Å². The van der Waals surface area contributed by atoms with Crippen molar-refractivity contribution >= 4 is 21.9 Å². The fourth-order valence-corrected chi connectivity index (χ4v) is 1.74. The molecule has 94 valence electrons. The number of nitrogens with one attached hydrogen (secondary N) is 1. The maximum atomic E-state index is 10.7. The first-order chi connectivity index (χ1) is 7.83. The second-order valence-corrected chi connectivity index (χ2v) is 5.15. The fraction of sp³-hybridized carbons (Fsp3) is 0.417. The average molecular weight is 302 g/mol. The Morgan fingerprint density at radius 3 is 2.76 bits per heavy atom. The number of carboxylic acids is 1. The van der Waals surface area contributed by atoms with Crippen LogP contribution in [0.1, 0.15) is 25.5 Å². The monoisotopic (exact) mass is 301 g/mol. The lowest BCUT2D eigenvalue weighted by molar-refractivity contribution is -0.156. The van der Waals surface area contributed by atoms with Crippen molar-refractivity contribution in [3.8, 4) is 0 Å². The first-order valence-electron chi connectivity index (χ1n) is 5.27. The molecule has 3 N–H and O–H groups in total. The minimum atomic E-state index is -1.75. The van der Waals surface area contributed by atoms with E-state index in [-0.39, 0.29) is 12.6 Å². The van der Waals surface area contributed by atoms with Gasteiger partial charge in [-0.15, -0.1) is 0 Å². The molecule has 0 saturated heterocycles. The number of carboxylic acid groups (broad SMARTS) is 1. The molecule has 0 saturated carbocycles. The van der Waals surface area contributed by atoms with Crippen LogP contribution in [0, 0.1) is 0 Å². The highest BCUT2D eigenvalue weighted by atomic mass is 79.9. The van der Waals surface area contributed by atoms with Crippen LogP contribution in [-0.4, -0.2) is 28.3 Å². The number of carbonyl (C=O) groups is 1. The van der Waals surface area contributed by atoms with Crippen LogP contribution < -0.4 is 5.32 Å². The van der Waals surface area contributed by atoms with Crippen LogP contribution in [-0.2, 0) is 4.79 Å². The molecule has 2 atom stereocenters. The molecule has 17 heavy (non-hydrogen) atoms. The van der Waals surface area contributed by atoms with Gasteiger partial charge >= 0.3 is 5.97 Å². The van der Waals surface area contributed by atoms with Crippen LogP contribution in [0.5, 0.6) is 0 Å². The number of rotatable bonds is 5. The first kappa shape index (κ1) is 14.2. The van der Waals surface area contributed by atoms with E-state index in [0.717, 1.165) is 10.0 Å². The Kier molecular flexibility index (Phi) is 4.68. The zero-order chi connectivity index (χ0) is 13.1. The third kappa shape index (κ3) is 4.11. The summed E-state index contributed by atoms with van der Waals surface area (Å²) in [6.07, 6.45) is 0. The Hall–Kier alpha value is -0.910. The van der Waals surface area contributed by atoms with E-state index >= 15 is 0 Å². The molecular formula is C12H16BrNO3. The van der Waals surface area contributed by atoms with E-state index in [1.54, 1.807) is 0 Å². The van der Waals surface area contributed by atoms with Crippen LogP contribution in [0.4, 0.5) is 0 Å². The summed E-state index contributed by atoms with van der Waals surface area (Å²) < 4.78 is 0.966. The van der Waals surface area contributed by atoms with E-state index in [4.69, 9.17) is 5.11 Å². The summed E-state index contributed by atoms with van der Waals surface area (Å²) in [6.45, 7) is 3.19. The molecule has 0 heterocycles. The molecule has 0 amide bonds. The van der Waals surface area contributed by atoms with Crippen molar-refractivity contribution in [1.29, 1.82) is 0 Å². The summed E-state index contributed by atoms with van der Waals surface area (Å²) >= 11 is 3.37. The van der Waals surface area contributed by atoms with Crippen molar-refractivity contribution in [3.05, 3.63) is 34.3 Å². The van der Waals surface area contributed by atoms with Gasteiger partial charge in [-0.3, -0.25) is 0 Å². The molecule has 0 spiro atoms. The normalized spacial score (nSPS) is 16.2. The molecular weight excluding hydrogens is 286 g/mol. The second-order valence-electron chi connectivity index (χ2n) is 4.24. The lowest BCUT2D eigenvalue weighted by Gasteiger charge is -2.22. The van der Waals surface area contributed by atoms with Crippen LogP contribution in [0.3, 0.4) is 0 Å². The predicted octanol–water partition coefficient (Wildman–Crippen LogP) is 1.94. The molecule has 0 aliphatic heterocycles. The molecule has 1 unspecified atom stereocenters. The fourth-order valence-electron chi connectivity index (χ4n) is 1.32. The number of hydrogen-bond acceptors (Lipinski definition) is 3. The van der Waals surface area contributed by atoms with Gasteiger partial charge in [0.1, 0.15) is 0 Å². The number of aliphatic hydroxyl groups is 1. The molecule has 0 aliphatic carbocycles. The summed E-state index contributed by atoms with van der Waals surface area (Å²) in [4.78, 5) is 10.7. The molecule has 0 radical (unpaired) electrons. The third-order valence-electron chi connectivity index (χ3n) is 2.56. The number of aliphatic carboxylic acids is 1. The zero-order valence-corrected chi connectivity index (χ0v) is 11.4. The number of hydrogen-bond donors (Lipinski definition) is 3. The van der Waals surface area contributed by atoms with Gasteiger partial charge in [0.2, 0.25) is 0 Å². The Bertz CT molecular complexity index is 406. The van der Waals surface area contributed by atoms with E-state index in [1.807, 2.05) is 31.2 Å². The molecule has 1 aromatic carbocycles. The van der Waals surface area contributed by atoms with Gasteiger partial charge in [0, 0.05) is 17.1 Å². The first-order valence-corrected chi connectivity index (χ1v) is 6.07. The highest BCUT2D eigenvalue weighted by molar-refractivity contribution is 9.10. The number of benzene rings is 1. The van der Waals surface area contributed by atoms with E-state index in [1.165, 1.54) is 6.92 Å². The van der Waals surface area contributed by atoms with Crippen molar-refractivity contribution in [3.63, 3.8) is 0 Å². The lowest BCUT2D eigenvalue weighted by atomic mass is 10.1. The van der Waals surface area contributed by atoms with Gasteiger partial charge in [0.05, 0.1) is 0 Å². The third-order valence-corrected chi connectivity index (χ3v) is 3.06. The van der Waals surface area contributed by atoms with Crippen molar-refractivity contribution in [2.75, 3.05) is 6.54 Å². The Morgan fingerprint density at radius 1 is 1.59 bits per heavy atom. The van der Waals surface area contributed by atoms with Gasteiger partial charge in [0.25, 0.3) is 0 Å². The quantitative estimate of drug-likeness (QED) is 0.777. The van der Waals surface area contributed by atoms with Crippen LogP contribution >= 0.6 is 15.9 Å². The highest BCUT2D eigenvalue weighted by Crippen LogP contribution is 2.18. The Labute approximate surface area is 109 Å². The topological polar surface area (TPSA) is 69.6 Å². The van der Waals surface area contributed by atoms with Crippen molar-refractivity contribution in [1.82, 2.24) is 5.32 Å². The molecule has 0 aromatic heterocycles. The maximum Gasteiger partial charge on any atom is 0.336 e. The highest BCUT2D eigenvalue weighted by Gasteiger charge is 2.29. The largest absolute Gasteiger partial charge is 0.479 e. The second kappa shape index (κ2) is 5.62. The summed E-state index contributed by atoms with van der Waals surface area (Å²) in [5.41, 5.74) is -0.721. The lowest BCUT2D eigenvalue weighted by Crippen LogP contribution is -2.45. The minimum absolute atomic E-state index is 0.00396.